The monoisotopic (exact) mass is 220 g/mol. The Labute approximate surface area is 97.9 Å². The van der Waals surface area contributed by atoms with Crippen molar-refractivity contribution in [3.05, 3.63) is 48.6 Å². The third-order valence-corrected chi connectivity index (χ3v) is 2.28. The molecule has 0 spiro atoms. The summed E-state index contributed by atoms with van der Waals surface area (Å²) in [7, 11) is 0. The van der Waals surface area contributed by atoms with Gasteiger partial charge in [-0.1, -0.05) is 36.4 Å². The van der Waals surface area contributed by atoms with Crippen LogP contribution in [0.25, 0.3) is 0 Å². The van der Waals surface area contributed by atoms with Gasteiger partial charge in [0.25, 0.3) is 0 Å². The second-order valence-electron chi connectivity index (χ2n) is 3.76. The van der Waals surface area contributed by atoms with Crippen LogP contribution in [-0.2, 0) is 16.1 Å². The Morgan fingerprint density at radius 2 is 2.06 bits per heavy atom. The van der Waals surface area contributed by atoms with Crippen LogP contribution in [0, 0.1) is 0 Å². The first kappa shape index (κ1) is 12.9. The molecule has 0 bridgehead atoms. The highest BCUT2D eigenvalue weighted by molar-refractivity contribution is 5.13. The van der Waals surface area contributed by atoms with Gasteiger partial charge in [0, 0.05) is 6.61 Å². The summed E-state index contributed by atoms with van der Waals surface area (Å²) in [6.45, 7) is 7.68. The molecule has 0 fully saturated rings. The predicted octanol–water partition coefficient (Wildman–Crippen LogP) is 3.18. The van der Waals surface area contributed by atoms with Gasteiger partial charge in [-0.25, -0.2) is 0 Å². The van der Waals surface area contributed by atoms with E-state index in [0.29, 0.717) is 13.2 Å². The third-order valence-electron chi connectivity index (χ3n) is 2.28. The number of rotatable bonds is 8. The van der Waals surface area contributed by atoms with Crippen LogP contribution in [0.1, 0.15) is 18.9 Å². The quantitative estimate of drug-likeness (QED) is 0.495. The molecule has 1 aromatic carbocycles. The topological polar surface area (TPSA) is 18.5 Å². The number of hydrogen-bond donors (Lipinski definition) is 0. The SMILES string of the molecule is C=CCOCCC(C)OCc1ccccc1. The van der Waals surface area contributed by atoms with E-state index in [-0.39, 0.29) is 6.10 Å². The minimum absolute atomic E-state index is 0.227. The summed E-state index contributed by atoms with van der Waals surface area (Å²) in [5.74, 6) is 0. The molecule has 0 radical (unpaired) electrons. The molecule has 0 N–H and O–H groups in total. The van der Waals surface area contributed by atoms with Crippen molar-refractivity contribution >= 4 is 0 Å². The predicted molar refractivity (Wildman–Crippen MR) is 66.3 cm³/mol. The Morgan fingerprint density at radius 1 is 1.31 bits per heavy atom. The Bertz CT molecular complexity index is 282. The van der Waals surface area contributed by atoms with Crippen molar-refractivity contribution in [2.24, 2.45) is 0 Å². The van der Waals surface area contributed by atoms with Gasteiger partial charge in [-0.3, -0.25) is 0 Å². The molecule has 2 nitrogen and oxygen atoms in total. The van der Waals surface area contributed by atoms with Gasteiger partial charge in [-0.2, -0.15) is 0 Å². The first-order chi connectivity index (χ1) is 7.83. The van der Waals surface area contributed by atoms with Gasteiger partial charge >= 0.3 is 0 Å². The maximum absolute atomic E-state index is 5.70. The van der Waals surface area contributed by atoms with E-state index in [1.54, 1.807) is 6.08 Å². The molecule has 1 unspecified atom stereocenters. The van der Waals surface area contributed by atoms with Gasteiger partial charge in [-0.05, 0) is 18.9 Å². The lowest BCUT2D eigenvalue weighted by Crippen LogP contribution is -2.11. The van der Waals surface area contributed by atoms with Crippen molar-refractivity contribution in [3.8, 4) is 0 Å². The Morgan fingerprint density at radius 3 is 2.75 bits per heavy atom. The lowest BCUT2D eigenvalue weighted by Gasteiger charge is -2.12. The Kier molecular flexibility index (Phi) is 6.54. The average Bonchev–Trinajstić information content (AvgIpc) is 2.33. The van der Waals surface area contributed by atoms with Crippen LogP contribution < -0.4 is 0 Å². The molecule has 0 aromatic heterocycles. The van der Waals surface area contributed by atoms with Crippen LogP contribution >= 0.6 is 0 Å². The molecule has 2 heteroatoms. The largest absolute Gasteiger partial charge is 0.377 e. The minimum atomic E-state index is 0.227. The highest BCUT2D eigenvalue weighted by atomic mass is 16.5. The first-order valence-electron chi connectivity index (χ1n) is 5.67. The molecule has 1 atom stereocenters. The summed E-state index contributed by atoms with van der Waals surface area (Å²) in [5.41, 5.74) is 1.21. The lowest BCUT2D eigenvalue weighted by molar-refractivity contribution is 0.0260. The van der Waals surface area contributed by atoms with E-state index in [4.69, 9.17) is 9.47 Å². The Hall–Kier alpha value is -1.12. The first-order valence-corrected chi connectivity index (χ1v) is 5.67. The highest BCUT2D eigenvalue weighted by Gasteiger charge is 2.02. The summed E-state index contributed by atoms with van der Waals surface area (Å²) in [4.78, 5) is 0. The second kappa shape index (κ2) is 8.08. The standard InChI is InChI=1S/C14H20O2/c1-3-10-15-11-9-13(2)16-12-14-7-5-4-6-8-14/h3-8,13H,1,9-12H2,2H3. The fourth-order valence-corrected chi connectivity index (χ4v) is 1.31. The van der Waals surface area contributed by atoms with Crippen molar-refractivity contribution in [1.29, 1.82) is 0 Å². The van der Waals surface area contributed by atoms with Crippen LogP contribution in [0.15, 0.2) is 43.0 Å². The molecule has 1 rings (SSSR count). The maximum Gasteiger partial charge on any atom is 0.0720 e. The summed E-state index contributed by atoms with van der Waals surface area (Å²) < 4.78 is 11.0. The van der Waals surface area contributed by atoms with Crippen molar-refractivity contribution in [1.82, 2.24) is 0 Å². The average molecular weight is 220 g/mol. The molecule has 0 aliphatic heterocycles. The number of ether oxygens (including phenoxy) is 2. The van der Waals surface area contributed by atoms with Crippen molar-refractivity contribution in [2.75, 3.05) is 13.2 Å². The smallest absolute Gasteiger partial charge is 0.0720 e. The van der Waals surface area contributed by atoms with Crippen molar-refractivity contribution in [2.45, 2.75) is 26.1 Å². The highest BCUT2D eigenvalue weighted by Crippen LogP contribution is 2.05. The van der Waals surface area contributed by atoms with Crippen LogP contribution in [0.4, 0.5) is 0 Å². The zero-order valence-corrected chi connectivity index (χ0v) is 9.89. The molecule has 0 amide bonds. The molecule has 0 heterocycles. The summed E-state index contributed by atoms with van der Waals surface area (Å²) >= 11 is 0. The molecule has 88 valence electrons. The zero-order chi connectivity index (χ0) is 11.6. The van der Waals surface area contributed by atoms with Crippen LogP contribution in [0.3, 0.4) is 0 Å². The van der Waals surface area contributed by atoms with Crippen LogP contribution in [-0.4, -0.2) is 19.3 Å². The summed E-state index contributed by atoms with van der Waals surface area (Å²) in [5, 5.41) is 0. The van der Waals surface area contributed by atoms with E-state index in [1.165, 1.54) is 5.56 Å². The van der Waals surface area contributed by atoms with Crippen molar-refractivity contribution < 1.29 is 9.47 Å². The fraction of sp³-hybridized carbons (Fsp3) is 0.429. The molecule has 1 aromatic rings. The molecule has 0 saturated carbocycles. The van der Waals surface area contributed by atoms with Crippen LogP contribution in [0.5, 0.6) is 0 Å². The van der Waals surface area contributed by atoms with E-state index < -0.39 is 0 Å². The second-order valence-corrected chi connectivity index (χ2v) is 3.76. The van der Waals surface area contributed by atoms with Crippen molar-refractivity contribution in [3.63, 3.8) is 0 Å². The Balaban J connectivity index is 2.10. The lowest BCUT2D eigenvalue weighted by atomic mass is 10.2. The third kappa shape index (κ3) is 5.69. The molecule has 0 aliphatic carbocycles. The minimum Gasteiger partial charge on any atom is -0.377 e. The van der Waals surface area contributed by atoms with Gasteiger partial charge < -0.3 is 9.47 Å². The van der Waals surface area contributed by atoms with Gasteiger partial charge in [0.05, 0.1) is 19.3 Å². The summed E-state index contributed by atoms with van der Waals surface area (Å²) in [6.07, 6.45) is 2.90. The molecular formula is C14H20O2. The molecule has 0 saturated heterocycles. The van der Waals surface area contributed by atoms with Gasteiger partial charge in [-0.15, -0.1) is 6.58 Å². The summed E-state index contributed by atoms with van der Waals surface area (Å²) in [6, 6.07) is 10.2. The molecule has 16 heavy (non-hydrogen) atoms. The molecule has 0 aliphatic rings. The van der Waals surface area contributed by atoms with E-state index in [2.05, 4.69) is 25.6 Å². The maximum atomic E-state index is 5.70. The van der Waals surface area contributed by atoms with Gasteiger partial charge in [0.15, 0.2) is 0 Å². The van der Waals surface area contributed by atoms with Gasteiger partial charge in [0.1, 0.15) is 0 Å². The van der Waals surface area contributed by atoms with Gasteiger partial charge in [0.2, 0.25) is 0 Å². The van der Waals surface area contributed by atoms with E-state index in [9.17, 15) is 0 Å². The number of benzene rings is 1. The number of hydrogen-bond acceptors (Lipinski definition) is 2. The zero-order valence-electron chi connectivity index (χ0n) is 9.89. The fourth-order valence-electron chi connectivity index (χ4n) is 1.31. The van der Waals surface area contributed by atoms with E-state index in [1.807, 2.05) is 18.2 Å². The van der Waals surface area contributed by atoms with Crippen LogP contribution in [0.2, 0.25) is 0 Å². The van der Waals surface area contributed by atoms with E-state index >= 15 is 0 Å². The normalized spacial score (nSPS) is 12.3. The van der Waals surface area contributed by atoms with E-state index in [0.717, 1.165) is 13.0 Å². The molecular weight excluding hydrogens is 200 g/mol.